The van der Waals surface area contributed by atoms with E-state index in [1.165, 1.54) is 0 Å². The van der Waals surface area contributed by atoms with Crippen LogP contribution in [-0.2, 0) is 16.5 Å². The van der Waals surface area contributed by atoms with Gasteiger partial charge in [0.25, 0.3) is 11.8 Å². The molecule has 1 aliphatic rings. The molecule has 2 N–H and O–H groups in total. The first kappa shape index (κ1) is 19.4. The summed E-state index contributed by atoms with van der Waals surface area (Å²) in [4.78, 5) is 37.6. The molecular formula is C19H16F3N3O3. The highest BCUT2D eigenvalue weighted by Crippen LogP contribution is 2.32. The summed E-state index contributed by atoms with van der Waals surface area (Å²) in [5, 5.41) is 3.07. The van der Waals surface area contributed by atoms with Crippen LogP contribution < -0.4 is 10.7 Å². The number of hydrogen-bond donors (Lipinski definition) is 2. The smallest absolute Gasteiger partial charge is 0.318 e. The van der Waals surface area contributed by atoms with Crippen LogP contribution in [-0.4, -0.2) is 22.9 Å². The predicted molar refractivity (Wildman–Crippen MR) is 92.7 cm³/mol. The van der Waals surface area contributed by atoms with Crippen LogP contribution >= 0.6 is 0 Å². The molecule has 28 heavy (non-hydrogen) atoms. The van der Waals surface area contributed by atoms with Gasteiger partial charge in [-0.2, -0.15) is 18.2 Å². The first-order valence-corrected chi connectivity index (χ1v) is 8.39. The van der Waals surface area contributed by atoms with Crippen LogP contribution in [0.25, 0.3) is 0 Å². The molecule has 0 spiro atoms. The highest BCUT2D eigenvalue weighted by molar-refractivity contribution is 6.09. The van der Waals surface area contributed by atoms with E-state index in [1.54, 1.807) is 37.3 Å². The van der Waals surface area contributed by atoms with Crippen molar-refractivity contribution in [3.8, 4) is 0 Å². The number of carbonyl (C=O) groups excluding carboxylic acids is 3. The molecule has 0 bridgehead atoms. The second kappa shape index (κ2) is 6.99. The summed E-state index contributed by atoms with van der Waals surface area (Å²) in [5.74, 6) is -1.72. The van der Waals surface area contributed by atoms with Crippen molar-refractivity contribution in [2.24, 2.45) is 0 Å². The Bertz CT molecular complexity index is 931. The molecule has 6 nitrogen and oxygen atoms in total. The molecule has 1 saturated heterocycles. The first-order valence-electron chi connectivity index (χ1n) is 8.39. The second-order valence-electron chi connectivity index (χ2n) is 6.22. The third-order valence-corrected chi connectivity index (χ3v) is 4.55. The normalized spacial score (nSPS) is 19.5. The summed E-state index contributed by atoms with van der Waals surface area (Å²) in [6, 6.07) is 11.3. The van der Waals surface area contributed by atoms with Crippen molar-refractivity contribution in [3.05, 3.63) is 71.3 Å². The van der Waals surface area contributed by atoms with Crippen molar-refractivity contribution >= 4 is 17.8 Å². The Morgan fingerprint density at radius 2 is 1.79 bits per heavy atom. The Balaban J connectivity index is 1.86. The first-order chi connectivity index (χ1) is 13.2. The summed E-state index contributed by atoms with van der Waals surface area (Å²) < 4.78 is 38.5. The van der Waals surface area contributed by atoms with E-state index in [1.807, 2.05) is 0 Å². The van der Waals surface area contributed by atoms with Crippen LogP contribution in [0.15, 0.2) is 54.6 Å². The van der Waals surface area contributed by atoms with E-state index < -0.39 is 35.1 Å². The number of rotatable bonds is 4. The third-order valence-electron chi connectivity index (χ3n) is 4.55. The number of halogens is 3. The summed E-state index contributed by atoms with van der Waals surface area (Å²) in [6.45, 7) is 1.70. The van der Waals surface area contributed by atoms with E-state index in [0.29, 0.717) is 16.6 Å². The number of nitrogens with one attached hydrogen (secondary N) is 2. The van der Waals surface area contributed by atoms with Crippen LogP contribution in [0.3, 0.4) is 0 Å². The molecule has 1 aliphatic heterocycles. The van der Waals surface area contributed by atoms with Crippen molar-refractivity contribution in [1.29, 1.82) is 0 Å². The van der Waals surface area contributed by atoms with Gasteiger partial charge in [-0.15, -0.1) is 0 Å². The highest BCUT2D eigenvalue weighted by Gasteiger charge is 2.52. The van der Waals surface area contributed by atoms with Gasteiger partial charge in [-0.25, -0.2) is 4.79 Å². The molecule has 1 heterocycles. The van der Waals surface area contributed by atoms with Crippen LogP contribution in [0.4, 0.5) is 18.0 Å². The molecule has 4 amide bonds. The van der Waals surface area contributed by atoms with E-state index in [-0.39, 0.29) is 12.0 Å². The molecule has 9 heteroatoms. The van der Waals surface area contributed by atoms with Gasteiger partial charge in [0.15, 0.2) is 0 Å². The van der Waals surface area contributed by atoms with Crippen molar-refractivity contribution in [1.82, 2.24) is 15.8 Å². The summed E-state index contributed by atoms with van der Waals surface area (Å²) in [7, 11) is 0. The van der Waals surface area contributed by atoms with Gasteiger partial charge in [-0.3, -0.25) is 15.0 Å². The number of imide groups is 1. The average molecular weight is 391 g/mol. The maximum absolute atomic E-state index is 12.9. The van der Waals surface area contributed by atoms with Gasteiger partial charge in [0.05, 0.1) is 5.56 Å². The minimum atomic E-state index is -4.62. The van der Waals surface area contributed by atoms with Gasteiger partial charge < -0.3 is 5.32 Å². The zero-order valence-corrected chi connectivity index (χ0v) is 14.7. The lowest BCUT2D eigenvalue weighted by molar-refractivity contribution is -0.137. The summed E-state index contributed by atoms with van der Waals surface area (Å²) in [6.07, 6.45) is -4.40. The molecule has 0 aromatic heterocycles. The fraction of sp³-hybridized carbons (Fsp3) is 0.211. The topological polar surface area (TPSA) is 78.5 Å². The van der Waals surface area contributed by atoms with Crippen molar-refractivity contribution in [3.63, 3.8) is 0 Å². The maximum atomic E-state index is 12.9. The van der Waals surface area contributed by atoms with E-state index in [2.05, 4.69) is 10.7 Å². The average Bonchev–Trinajstić information content (AvgIpc) is 2.93. The SMILES string of the molecule is CC[C@]1(c2ccccc2)NC(=O)N(NC(=O)c2cccc(C(F)(F)F)c2)C1=O. The van der Waals surface area contributed by atoms with Crippen LogP contribution in [0, 0.1) is 0 Å². The number of carbonyl (C=O) groups is 3. The Hall–Kier alpha value is -3.36. The quantitative estimate of drug-likeness (QED) is 0.786. The van der Waals surface area contributed by atoms with Crippen molar-refractivity contribution < 1.29 is 27.6 Å². The molecule has 146 valence electrons. The Morgan fingerprint density at radius 1 is 1.11 bits per heavy atom. The molecule has 0 radical (unpaired) electrons. The minimum absolute atomic E-state index is 0.220. The van der Waals surface area contributed by atoms with E-state index >= 15 is 0 Å². The molecule has 2 aromatic carbocycles. The van der Waals surface area contributed by atoms with Gasteiger partial charge in [0.2, 0.25) is 0 Å². The number of hydrogen-bond acceptors (Lipinski definition) is 3. The summed E-state index contributed by atoms with van der Waals surface area (Å²) in [5.41, 5.74) is -0.0692. The number of urea groups is 1. The molecule has 0 aliphatic carbocycles. The predicted octanol–water partition coefficient (Wildman–Crippen LogP) is 3.21. The van der Waals surface area contributed by atoms with Gasteiger partial charge in [-0.05, 0) is 30.2 Å². The zero-order valence-electron chi connectivity index (χ0n) is 14.7. The van der Waals surface area contributed by atoms with Crippen molar-refractivity contribution in [2.45, 2.75) is 25.1 Å². The fourth-order valence-electron chi connectivity index (χ4n) is 3.04. The fourth-order valence-corrected chi connectivity index (χ4v) is 3.04. The molecule has 1 fully saturated rings. The minimum Gasteiger partial charge on any atom is -0.318 e. The van der Waals surface area contributed by atoms with Gasteiger partial charge in [0, 0.05) is 5.56 Å². The summed E-state index contributed by atoms with van der Waals surface area (Å²) >= 11 is 0. The lowest BCUT2D eigenvalue weighted by Crippen LogP contribution is -2.48. The van der Waals surface area contributed by atoms with E-state index in [4.69, 9.17) is 0 Å². The number of benzene rings is 2. The van der Waals surface area contributed by atoms with E-state index in [0.717, 1.165) is 18.2 Å². The second-order valence-corrected chi connectivity index (χ2v) is 6.22. The number of alkyl halides is 3. The monoisotopic (exact) mass is 391 g/mol. The third kappa shape index (κ3) is 3.30. The van der Waals surface area contributed by atoms with Gasteiger partial charge in [-0.1, -0.05) is 43.3 Å². The molecule has 0 saturated carbocycles. The largest absolute Gasteiger partial charge is 0.416 e. The molecule has 3 rings (SSSR count). The molecule has 2 aromatic rings. The van der Waals surface area contributed by atoms with Crippen molar-refractivity contribution in [2.75, 3.05) is 0 Å². The molecule has 1 atom stereocenters. The number of nitrogens with zero attached hydrogens (tertiary/aromatic N) is 1. The number of hydrazine groups is 1. The standard InChI is InChI=1S/C19H16F3N3O3/c1-2-18(13-8-4-3-5-9-13)16(27)25(17(28)23-18)24-15(26)12-7-6-10-14(11-12)19(20,21)22/h3-11H,2H2,1H3,(H,23,28)(H,24,26)/t18-/m1/s1. The van der Waals surface area contributed by atoms with Crippen LogP contribution in [0.2, 0.25) is 0 Å². The molecule has 0 unspecified atom stereocenters. The Kier molecular flexibility index (Phi) is 4.84. The van der Waals surface area contributed by atoms with Crippen LogP contribution in [0.1, 0.15) is 34.8 Å². The lowest BCUT2D eigenvalue weighted by Gasteiger charge is -2.25. The Morgan fingerprint density at radius 3 is 2.39 bits per heavy atom. The van der Waals surface area contributed by atoms with E-state index in [9.17, 15) is 27.6 Å². The maximum Gasteiger partial charge on any atom is 0.416 e. The Labute approximate surface area is 158 Å². The van der Waals surface area contributed by atoms with Gasteiger partial charge in [0.1, 0.15) is 5.54 Å². The van der Waals surface area contributed by atoms with Gasteiger partial charge >= 0.3 is 12.2 Å². The number of amides is 4. The van der Waals surface area contributed by atoms with Crippen LogP contribution in [0.5, 0.6) is 0 Å². The highest BCUT2D eigenvalue weighted by atomic mass is 19.4. The molecular weight excluding hydrogens is 375 g/mol. The zero-order chi connectivity index (χ0) is 20.5. The lowest BCUT2D eigenvalue weighted by atomic mass is 9.87.